The lowest BCUT2D eigenvalue weighted by Gasteiger charge is -2.62. The third kappa shape index (κ3) is 7.20. The number of hydroxylamine groups is 2. The number of piperidine rings is 1. The third-order valence-corrected chi connectivity index (χ3v) is 12.9. The molecule has 4 aliphatic carbocycles. The summed E-state index contributed by atoms with van der Waals surface area (Å²) in [6.07, 6.45) is 7.42. The minimum Gasteiger partial charge on any atom is -0.394 e. The molecule has 2 bridgehead atoms. The second kappa shape index (κ2) is 14.4. The minimum atomic E-state index is -0.840. The quantitative estimate of drug-likeness (QED) is 0.313. The van der Waals surface area contributed by atoms with E-state index in [1.165, 1.54) is 6.42 Å². The van der Waals surface area contributed by atoms with Crippen molar-refractivity contribution in [2.75, 3.05) is 26.7 Å². The second-order valence-electron chi connectivity index (χ2n) is 16.4. The smallest absolute Gasteiger partial charge is 0.240 e. The van der Waals surface area contributed by atoms with E-state index in [9.17, 15) is 19.8 Å². The van der Waals surface area contributed by atoms with Crippen molar-refractivity contribution in [2.45, 2.75) is 122 Å². The van der Waals surface area contributed by atoms with Crippen molar-refractivity contribution >= 4 is 11.8 Å². The van der Waals surface area contributed by atoms with E-state index in [1.54, 1.807) is 12.0 Å². The summed E-state index contributed by atoms with van der Waals surface area (Å²) in [6.45, 7) is 10.5. The number of carbonyl (C=O) groups is 2. The van der Waals surface area contributed by atoms with E-state index in [0.717, 1.165) is 75.6 Å². The number of hydrogen-bond donors (Lipinski definition) is 4. The van der Waals surface area contributed by atoms with Crippen LogP contribution in [-0.4, -0.2) is 88.6 Å². The van der Waals surface area contributed by atoms with Gasteiger partial charge in [-0.25, -0.2) is 0 Å². The molecular formula is C39H58N4O5. The molecule has 7 rings (SSSR count). The monoisotopic (exact) mass is 662 g/mol. The van der Waals surface area contributed by atoms with Gasteiger partial charge in [0.15, 0.2) is 0 Å². The molecule has 0 aromatic heterocycles. The fourth-order valence-electron chi connectivity index (χ4n) is 9.65. The van der Waals surface area contributed by atoms with Gasteiger partial charge < -0.3 is 25.7 Å². The first kappa shape index (κ1) is 35.3. The SMILES string of the molecule is CC1C(NC(=O)[C@@H]2[C@H]([C@H](C)O)C(CO)ON2Cc2cccc(C#CC3(NC(=O)C4CCN(C)CC4)CCCCC3)c2)CC2CC1C2(C)C. The Morgan fingerprint density at radius 3 is 2.48 bits per heavy atom. The van der Waals surface area contributed by atoms with Gasteiger partial charge in [0.1, 0.15) is 17.7 Å². The summed E-state index contributed by atoms with van der Waals surface area (Å²) in [7, 11) is 2.11. The predicted molar refractivity (Wildman–Crippen MR) is 185 cm³/mol. The molecular weight excluding hydrogens is 604 g/mol. The van der Waals surface area contributed by atoms with E-state index < -0.39 is 29.7 Å². The molecule has 2 heterocycles. The highest BCUT2D eigenvalue weighted by atomic mass is 16.7. The fourth-order valence-corrected chi connectivity index (χ4v) is 9.65. The number of nitrogens with zero attached hydrogens (tertiary/aromatic N) is 2. The number of hydrogen-bond acceptors (Lipinski definition) is 7. The molecule has 4 saturated carbocycles. The van der Waals surface area contributed by atoms with Crippen LogP contribution >= 0.6 is 0 Å². The lowest BCUT2D eigenvalue weighted by atomic mass is 9.45. The molecule has 2 amide bonds. The number of fused-ring (bicyclic) bond motifs is 2. The molecule has 6 fully saturated rings. The zero-order chi connectivity index (χ0) is 34.2. The summed E-state index contributed by atoms with van der Waals surface area (Å²) >= 11 is 0. The van der Waals surface area contributed by atoms with Gasteiger partial charge >= 0.3 is 0 Å². The van der Waals surface area contributed by atoms with Gasteiger partial charge in [-0.2, -0.15) is 5.06 Å². The first-order valence-corrected chi connectivity index (χ1v) is 18.6. The first-order valence-electron chi connectivity index (χ1n) is 18.6. The number of aliphatic hydroxyl groups is 2. The van der Waals surface area contributed by atoms with Gasteiger partial charge in [0.05, 0.1) is 19.3 Å². The Kier molecular flexibility index (Phi) is 10.6. The predicted octanol–water partition coefficient (Wildman–Crippen LogP) is 3.86. The zero-order valence-electron chi connectivity index (χ0n) is 29.7. The highest BCUT2D eigenvalue weighted by Gasteiger charge is 2.57. The molecule has 1 aromatic carbocycles. The van der Waals surface area contributed by atoms with Gasteiger partial charge in [0.25, 0.3) is 0 Å². The molecule has 4 N–H and O–H groups in total. The van der Waals surface area contributed by atoms with E-state index in [2.05, 4.69) is 55.2 Å². The Morgan fingerprint density at radius 1 is 1.10 bits per heavy atom. The fraction of sp³-hybridized carbons (Fsp3) is 0.744. The largest absolute Gasteiger partial charge is 0.394 e. The van der Waals surface area contributed by atoms with Crippen molar-refractivity contribution in [3.63, 3.8) is 0 Å². The number of nitrogens with one attached hydrogen (secondary N) is 2. The van der Waals surface area contributed by atoms with Crippen molar-refractivity contribution in [2.24, 2.45) is 35.0 Å². The highest BCUT2D eigenvalue weighted by Crippen LogP contribution is 2.61. The standard InChI is InChI=1S/C39H58N4O5/c1-25-31-21-30(38(31,3)4)22-32(25)40-37(47)35-34(26(2)45)33(24-44)48-43(35)23-28-11-9-10-27(20-28)12-17-39(15-7-6-8-16-39)41-36(46)29-13-18-42(5)19-14-29/h9-11,20,25-26,29-35,44-45H,6-8,13-16,18-19,21-24H2,1-5H3,(H,40,47)(H,41,46)/t25?,26-,30?,31?,32?,33?,34+,35-/m0/s1. The maximum absolute atomic E-state index is 14.0. The normalized spacial score (nSPS) is 33.9. The topological polar surface area (TPSA) is 114 Å². The summed E-state index contributed by atoms with van der Waals surface area (Å²) in [5.41, 5.74) is 1.57. The van der Waals surface area contributed by atoms with Gasteiger partial charge in [-0.1, -0.05) is 64.0 Å². The van der Waals surface area contributed by atoms with Crippen LogP contribution in [0.2, 0.25) is 0 Å². The van der Waals surface area contributed by atoms with Crippen molar-refractivity contribution < 1.29 is 24.6 Å². The number of likely N-dealkylation sites (tertiary alicyclic amines) is 1. The van der Waals surface area contributed by atoms with Gasteiger partial charge in [0.2, 0.25) is 11.8 Å². The molecule has 8 atom stereocenters. The summed E-state index contributed by atoms with van der Waals surface area (Å²) in [5, 5.41) is 29.4. The number of carbonyl (C=O) groups excluding carboxylic acids is 2. The maximum atomic E-state index is 14.0. The minimum absolute atomic E-state index is 0.0443. The van der Waals surface area contributed by atoms with Crippen LogP contribution in [0.15, 0.2) is 24.3 Å². The lowest BCUT2D eigenvalue weighted by Crippen LogP contribution is -2.62. The summed E-state index contributed by atoms with van der Waals surface area (Å²) in [6, 6.07) is 7.30. The number of aliphatic hydroxyl groups excluding tert-OH is 2. The van der Waals surface area contributed by atoms with Gasteiger partial charge in [-0.3, -0.25) is 14.4 Å². The van der Waals surface area contributed by atoms with E-state index in [4.69, 9.17) is 4.84 Å². The van der Waals surface area contributed by atoms with Crippen LogP contribution in [0.1, 0.15) is 96.6 Å². The molecule has 48 heavy (non-hydrogen) atoms. The van der Waals surface area contributed by atoms with Crippen LogP contribution in [0.25, 0.3) is 0 Å². The number of benzene rings is 1. The Balaban J connectivity index is 1.17. The second-order valence-corrected chi connectivity index (χ2v) is 16.4. The summed E-state index contributed by atoms with van der Waals surface area (Å²) in [5.74, 6) is 7.95. The average molecular weight is 663 g/mol. The Morgan fingerprint density at radius 2 is 1.83 bits per heavy atom. The van der Waals surface area contributed by atoms with Crippen LogP contribution in [0.5, 0.6) is 0 Å². The van der Waals surface area contributed by atoms with E-state index >= 15 is 0 Å². The van der Waals surface area contributed by atoms with Crippen LogP contribution in [0, 0.1) is 46.8 Å². The molecule has 1 aromatic rings. The molecule has 0 spiro atoms. The third-order valence-electron chi connectivity index (χ3n) is 12.9. The average Bonchev–Trinajstić information content (AvgIpc) is 3.44. The molecule has 9 heteroatoms. The molecule has 9 nitrogen and oxygen atoms in total. The molecule has 6 aliphatic rings. The Bertz CT molecular complexity index is 1370. The first-order chi connectivity index (χ1) is 22.9. The Hall–Kier alpha value is -2.48. The van der Waals surface area contributed by atoms with E-state index in [0.29, 0.717) is 29.7 Å². The van der Waals surface area contributed by atoms with E-state index in [1.807, 2.05) is 24.3 Å². The number of rotatable bonds is 8. The van der Waals surface area contributed by atoms with Crippen molar-refractivity contribution in [3.8, 4) is 11.8 Å². The van der Waals surface area contributed by atoms with Crippen molar-refractivity contribution in [1.82, 2.24) is 20.6 Å². The molecule has 0 radical (unpaired) electrons. The van der Waals surface area contributed by atoms with E-state index in [-0.39, 0.29) is 30.4 Å². The van der Waals surface area contributed by atoms with Gasteiger partial charge in [-0.05, 0) is 106 Å². The molecule has 264 valence electrons. The highest BCUT2D eigenvalue weighted by molar-refractivity contribution is 5.83. The molecule has 5 unspecified atom stereocenters. The molecule has 2 aliphatic heterocycles. The van der Waals surface area contributed by atoms with Gasteiger partial charge in [-0.15, -0.1) is 0 Å². The Labute approximate surface area is 287 Å². The van der Waals surface area contributed by atoms with Crippen LogP contribution < -0.4 is 10.6 Å². The van der Waals surface area contributed by atoms with Crippen molar-refractivity contribution in [3.05, 3.63) is 35.4 Å². The van der Waals surface area contributed by atoms with Crippen LogP contribution in [-0.2, 0) is 21.0 Å². The van der Waals surface area contributed by atoms with Gasteiger partial charge in [0, 0.05) is 23.4 Å². The van der Waals surface area contributed by atoms with Crippen molar-refractivity contribution in [1.29, 1.82) is 0 Å². The summed E-state index contributed by atoms with van der Waals surface area (Å²) in [4.78, 5) is 35.9. The summed E-state index contributed by atoms with van der Waals surface area (Å²) < 4.78 is 0. The van der Waals surface area contributed by atoms with Crippen LogP contribution in [0.4, 0.5) is 0 Å². The van der Waals surface area contributed by atoms with Crippen LogP contribution in [0.3, 0.4) is 0 Å². The zero-order valence-corrected chi connectivity index (χ0v) is 29.7. The number of amides is 2. The maximum Gasteiger partial charge on any atom is 0.240 e. The molecule has 2 saturated heterocycles. The lowest BCUT2D eigenvalue weighted by molar-refractivity contribution is -0.183.